The van der Waals surface area contributed by atoms with Crippen molar-refractivity contribution in [2.75, 3.05) is 6.61 Å². The van der Waals surface area contributed by atoms with Gasteiger partial charge in [0.15, 0.2) is 0 Å². The van der Waals surface area contributed by atoms with Gasteiger partial charge in [0.1, 0.15) is 0 Å². The van der Waals surface area contributed by atoms with Crippen molar-refractivity contribution in [3.8, 4) is 5.88 Å². The topological polar surface area (TPSA) is 22.1 Å². The van der Waals surface area contributed by atoms with Gasteiger partial charge in [-0.1, -0.05) is 15.9 Å². The smallest absolute Gasteiger partial charge is 0.217 e. The molecule has 0 saturated carbocycles. The van der Waals surface area contributed by atoms with E-state index in [9.17, 15) is 0 Å². The van der Waals surface area contributed by atoms with Gasteiger partial charge in [0, 0.05) is 16.6 Å². The van der Waals surface area contributed by atoms with E-state index in [4.69, 9.17) is 4.74 Å². The van der Waals surface area contributed by atoms with Gasteiger partial charge < -0.3 is 4.74 Å². The first-order valence-electron chi connectivity index (χ1n) is 4.01. The van der Waals surface area contributed by atoms with Crippen LogP contribution >= 0.6 is 15.9 Å². The molecule has 3 heteroatoms. The van der Waals surface area contributed by atoms with Crippen LogP contribution in [-0.4, -0.2) is 11.6 Å². The van der Waals surface area contributed by atoms with Crippen LogP contribution in [0.3, 0.4) is 0 Å². The first kappa shape index (κ1) is 8.05. The molecule has 64 valence electrons. The van der Waals surface area contributed by atoms with Gasteiger partial charge in [0.05, 0.1) is 6.61 Å². The zero-order valence-corrected chi connectivity index (χ0v) is 8.47. The summed E-state index contributed by atoms with van der Waals surface area (Å²) in [7, 11) is 0. The van der Waals surface area contributed by atoms with E-state index in [-0.39, 0.29) is 0 Å². The third-order valence-electron chi connectivity index (χ3n) is 1.96. The summed E-state index contributed by atoms with van der Waals surface area (Å²) in [6, 6.07) is 2.13. The summed E-state index contributed by atoms with van der Waals surface area (Å²) in [6.07, 6.45) is 2.86. The quantitative estimate of drug-likeness (QED) is 0.636. The van der Waals surface area contributed by atoms with Crippen LogP contribution in [0, 0.1) is 6.92 Å². The molecule has 0 aliphatic carbocycles. The summed E-state index contributed by atoms with van der Waals surface area (Å²) in [4.78, 5) is 4.63. The van der Waals surface area contributed by atoms with Crippen LogP contribution < -0.4 is 4.74 Å². The summed E-state index contributed by atoms with van der Waals surface area (Å²) < 4.78 is 5.41. The Morgan fingerprint density at radius 1 is 1.67 bits per heavy atom. The fourth-order valence-corrected chi connectivity index (χ4v) is 1.85. The van der Waals surface area contributed by atoms with E-state index >= 15 is 0 Å². The zero-order valence-electron chi connectivity index (χ0n) is 6.88. The molecule has 0 saturated heterocycles. The summed E-state index contributed by atoms with van der Waals surface area (Å²) in [5.74, 6) is 0.786. The summed E-state index contributed by atoms with van der Waals surface area (Å²) in [5, 5.41) is 0. The van der Waals surface area contributed by atoms with E-state index < -0.39 is 0 Å². The van der Waals surface area contributed by atoms with E-state index in [1.807, 2.05) is 13.1 Å². The monoisotopic (exact) mass is 227 g/mol. The van der Waals surface area contributed by atoms with Crippen LogP contribution in [0.5, 0.6) is 5.88 Å². The van der Waals surface area contributed by atoms with E-state index in [0.717, 1.165) is 18.9 Å². The number of hydrogen-bond donors (Lipinski definition) is 0. The lowest BCUT2D eigenvalue weighted by Gasteiger charge is -2.20. The molecule has 0 amide bonds. The molecule has 12 heavy (non-hydrogen) atoms. The molecule has 2 rings (SSSR count). The molecule has 0 aromatic carbocycles. The molecule has 1 atom stereocenters. The first-order valence-corrected chi connectivity index (χ1v) is 4.92. The molecule has 2 nitrogen and oxygen atoms in total. The summed E-state index contributed by atoms with van der Waals surface area (Å²) in [6.45, 7) is 2.81. The second-order valence-corrected chi connectivity index (χ2v) is 4.12. The number of pyridine rings is 1. The highest BCUT2D eigenvalue weighted by atomic mass is 79.9. The Hall–Kier alpha value is -0.570. The fourth-order valence-electron chi connectivity index (χ4n) is 1.34. The standard InChI is InChI=1S/C9H10BrNO/c1-6-4-7-8(10)2-3-12-9(7)11-5-6/h4-5,8H,2-3H2,1H3. The first-order chi connectivity index (χ1) is 5.77. The maximum absolute atomic E-state index is 5.41. The van der Waals surface area contributed by atoms with Crippen LogP contribution in [0.15, 0.2) is 12.3 Å². The van der Waals surface area contributed by atoms with Crippen LogP contribution in [0.4, 0.5) is 0 Å². The van der Waals surface area contributed by atoms with Gasteiger partial charge in [-0.3, -0.25) is 0 Å². The van der Waals surface area contributed by atoms with Crippen LogP contribution in [0.1, 0.15) is 22.4 Å². The van der Waals surface area contributed by atoms with Gasteiger partial charge in [0.25, 0.3) is 0 Å². The van der Waals surface area contributed by atoms with Crippen molar-refractivity contribution in [2.24, 2.45) is 0 Å². The van der Waals surface area contributed by atoms with Gasteiger partial charge >= 0.3 is 0 Å². The molecule has 1 aliphatic heterocycles. The Balaban J connectivity index is 2.47. The van der Waals surface area contributed by atoms with Gasteiger partial charge in [-0.2, -0.15) is 0 Å². The normalized spacial score (nSPS) is 21.3. The average Bonchev–Trinajstić information content (AvgIpc) is 2.07. The lowest BCUT2D eigenvalue weighted by molar-refractivity contribution is 0.275. The third-order valence-corrected chi connectivity index (χ3v) is 2.91. The minimum Gasteiger partial charge on any atom is -0.477 e. The second kappa shape index (κ2) is 3.05. The zero-order chi connectivity index (χ0) is 8.55. The van der Waals surface area contributed by atoms with Crippen LogP contribution in [0.25, 0.3) is 0 Å². The Morgan fingerprint density at radius 2 is 2.50 bits per heavy atom. The highest BCUT2D eigenvalue weighted by molar-refractivity contribution is 9.09. The SMILES string of the molecule is Cc1cnc2c(c1)C(Br)CCO2. The molecule has 2 heterocycles. The number of nitrogens with zero attached hydrogens (tertiary/aromatic N) is 1. The average molecular weight is 228 g/mol. The van der Waals surface area contributed by atoms with Gasteiger partial charge in [-0.05, 0) is 25.0 Å². The van der Waals surface area contributed by atoms with E-state index in [1.54, 1.807) is 0 Å². The Kier molecular flexibility index (Phi) is 2.05. The van der Waals surface area contributed by atoms with Crippen LogP contribution in [-0.2, 0) is 0 Å². The minimum atomic E-state index is 0.411. The molecule has 1 aromatic heterocycles. The lowest BCUT2D eigenvalue weighted by atomic mass is 10.1. The maximum Gasteiger partial charge on any atom is 0.217 e. The number of fused-ring (bicyclic) bond motifs is 1. The number of aryl methyl sites for hydroxylation is 1. The van der Waals surface area contributed by atoms with E-state index in [0.29, 0.717) is 4.83 Å². The maximum atomic E-state index is 5.41. The second-order valence-electron chi connectivity index (χ2n) is 3.01. The van der Waals surface area contributed by atoms with Crippen molar-refractivity contribution >= 4 is 15.9 Å². The molecule has 0 fully saturated rings. The Morgan fingerprint density at radius 3 is 3.33 bits per heavy atom. The van der Waals surface area contributed by atoms with E-state index in [2.05, 4.69) is 27.0 Å². The highest BCUT2D eigenvalue weighted by Crippen LogP contribution is 2.36. The summed E-state index contributed by atoms with van der Waals surface area (Å²) >= 11 is 3.60. The molecule has 1 unspecified atom stereocenters. The third kappa shape index (κ3) is 1.33. The van der Waals surface area contributed by atoms with Crippen molar-refractivity contribution in [3.63, 3.8) is 0 Å². The summed E-state index contributed by atoms with van der Waals surface area (Å²) in [5.41, 5.74) is 2.37. The lowest BCUT2D eigenvalue weighted by Crippen LogP contribution is -2.11. The number of hydrogen-bond acceptors (Lipinski definition) is 2. The Bertz CT molecular complexity index is 301. The number of aromatic nitrogens is 1. The molecule has 1 aliphatic rings. The molecule has 0 N–H and O–H groups in total. The van der Waals surface area contributed by atoms with E-state index in [1.165, 1.54) is 11.1 Å². The number of ether oxygens (including phenoxy) is 1. The largest absolute Gasteiger partial charge is 0.477 e. The van der Waals surface area contributed by atoms with Crippen molar-refractivity contribution in [1.82, 2.24) is 4.98 Å². The predicted molar refractivity (Wildman–Crippen MR) is 50.8 cm³/mol. The van der Waals surface area contributed by atoms with Gasteiger partial charge in [-0.15, -0.1) is 0 Å². The molecular weight excluding hydrogens is 218 g/mol. The number of alkyl halides is 1. The number of rotatable bonds is 0. The van der Waals surface area contributed by atoms with Crippen molar-refractivity contribution in [3.05, 3.63) is 23.4 Å². The Labute approximate surface area is 80.1 Å². The van der Waals surface area contributed by atoms with Crippen LogP contribution in [0.2, 0.25) is 0 Å². The molecule has 0 spiro atoms. The van der Waals surface area contributed by atoms with Gasteiger partial charge in [0.2, 0.25) is 5.88 Å². The minimum absolute atomic E-state index is 0.411. The fraction of sp³-hybridized carbons (Fsp3) is 0.444. The van der Waals surface area contributed by atoms with Crippen molar-refractivity contribution in [1.29, 1.82) is 0 Å². The molecule has 0 radical (unpaired) electrons. The highest BCUT2D eigenvalue weighted by Gasteiger charge is 2.19. The van der Waals surface area contributed by atoms with Crippen molar-refractivity contribution < 1.29 is 4.74 Å². The molecule has 1 aromatic rings. The van der Waals surface area contributed by atoms with Gasteiger partial charge in [-0.25, -0.2) is 4.98 Å². The predicted octanol–water partition coefficient (Wildman–Crippen LogP) is 2.61. The van der Waals surface area contributed by atoms with Crippen molar-refractivity contribution in [2.45, 2.75) is 18.2 Å². The molecule has 0 bridgehead atoms. The molecular formula is C9H10BrNO. The number of halogens is 1.